The summed E-state index contributed by atoms with van der Waals surface area (Å²) in [6, 6.07) is 15.3. The van der Waals surface area contributed by atoms with E-state index in [1.54, 1.807) is 12.1 Å². The molecule has 0 bridgehead atoms. The van der Waals surface area contributed by atoms with E-state index in [-0.39, 0.29) is 22.6 Å². The number of alkyl halides is 3. The van der Waals surface area contributed by atoms with Gasteiger partial charge in [0.1, 0.15) is 17.6 Å². The van der Waals surface area contributed by atoms with Gasteiger partial charge in [-0.1, -0.05) is 12.1 Å². The Labute approximate surface area is 185 Å². The summed E-state index contributed by atoms with van der Waals surface area (Å²) >= 11 is 0. The molecule has 0 spiro atoms. The number of hydrogen-bond acceptors (Lipinski definition) is 4. The molecule has 0 aliphatic carbocycles. The molecule has 10 heteroatoms. The molecule has 3 aromatic rings. The van der Waals surface area contributed by atoms with E-state index in [1.807, 2.05) is 6.07 Å². The number of halogens is 4. The van der Waals surface area contributed by atoms with Crippen molar-refractivity contribution < 1.29 is 31.9 Å². The van der Waals surface area contributed by atoms with Crippen molar-refractivity contribution in [2.24, 2.45) is 0 Å². The number of benzene rings is 3. The number of carbonyl (C=O) groups is 2. The lowest BCUT2D eigenvalue weighted by molar-refractivity contribution is -0.137. The first-order valence-corrected chi connectivity index (χ1v) is 9.37. The highest BCUT2D eigenvalue weighted by Gasteiger charge is 2.34. The third-order valence-corrected chi connectivity index (χ3v) is 4.33. The summed E-state index contributed by atoms with van der Waals surface area (Å²) in [6.45, 7) is -0.626. The minimum atomic E-state index is -4.84. The largest absolute Gasteiger partial charge is 0.482 e. The van der Waals surface area contributed by atoms with Gasteiger partial charge in [0.2, 0.25) is 0 Å². The highest BCUT2D eigenvalue weighted by atomic mass is 19.4. The SMILES string of the molecule is N#Cc1ccccc1OCC(=O)Nc1ccc(NC(=O)c2ccc(F)cc2)cc1C(F)(F)F. The predicted molar refractivity (Wildman–Crippen MR) is 111 cm³/mol. The van der Waals surface area contributed by atoms with Crippen LogP contribution in [0.2, 0.25) is 0 Å². The summed E-state index contributed by atoms with van der Waals surface area (Å²) in [6.07, 6.45) is -4.84. The van der Waals surface area contributed by atoms with Gasteiger partial charge in [-0.05, 0) is 54.6 Å². The Morgan fingerprint density at radius 3 is 2.33 bits per heavy atom. The molecule has 0 unspecified atom stereocenters. The summed E-state index contributed by atoms with van der Waals surface area (Å²) < 4.78 is 58.9. The van der Waals surface area contributed by atoms with Crippen LogP contribution in [-0.4, -0.2) is 18.4 Å². The number of nitrogens with one attached hydrogen (secondary N) is 2. The molecule has 168 valence electrons. The van der Waals surface area contributed by atoms with Gasteiger partial charge in [0, 0.05) is 11.3 Å². The van der Waals surface area contributed by atoms with Crippen LogP contribution in [0.25, 0.3) is 0 Å². The normalized spacial score (nSPS) is 10.8. The second kappa shape index (κ2) is 9.82. The Morgan fingerprint density at radius 1 is 0.970 bits per heavy atom. The zero-order valence-corrected chi connectivity index (χ0v) is 16.7. The Balaban J connectivity index is 1.74. The van der Waals surface area contributed by atoms with Crippen LogP contribution in [0.1, 0.15) is 21.5 Å². The molecule has 3 rings (SSSR count). The molecule has 0 aliphatic rings. The maximum atomic E-state index is 13.6. The van der Waals surface area contributed by atoms with Crippen molar-refractivity contribution >= 4 is 23.2 Å². The van der Waals surface area contributed by atoms with Gasteiger partial charge < -0.3 is 15.4 Å². The molecule has 0 aliphatic heterocycles. The van der Waals surface area contributed by atoms with Crippen molar-refractivity contribution in [1.82, 2.24) is 0 Å². The van der Waals surface area contributed by atoms with E-state index in [4.69, 9.17) is 10.00 Å². The minimum absolute atomic E-state index is 0.0529. The average Bonchev–Trinajstić information content (AvgIpc) is 2.78. The summed E-state index contributed by atoms with van der Waals surface area (Å²) in [5.74, 6) is -2.06. The van der Waals surface area contributed by atoms with Gasteiger partial charge in [0.25, 0.3) is 11.8 Å². The van der Waals surface area contributed by atoms with Crippen LogP contribution in [0, 0.1) is 17.1 Å². The van der Waals surface area contributed by atoms with Gasteiger partial charge in [-0.25, -0.2) is 4.39 Å². The lowest BCUT2D eigenvalue weighted by Gasteiger charge is -2.16. The Hall–Kier alpha value is -4.39. The molecule has 6 nitrogen and oxygen atoms in total. The van der Waals surface area contributed by atoms with Crippen LogP contribution in [0.5, 0.6) is 5.75 Å². The molecule has 3 aromatic carbocycles. The number of hydrogen-bond donors (Lipinski definition) is 2. The van der Waals surface area contributed by atoms with Crippen LogP contribution in [0.3, 0.4) is 0 Å². The molecule has 0 saturated carbocycles. The monoisotopic (exact) mass is 457 g/mol. The molecule has 0 aromatic heterocycles. The molecule has 33 heavy (non-hydrogen) atoms. The maximum absolute atomic E-state index is 13.6. The van der Waals surface area contributed by atoms with E-state index in [1.165, 1.54) is 30.3 Å². The van der Waals surface area contributed by atoms with Crippen molar-refractivity contribution in [3.05, 3.63) is 89.2 Å². The number of para-hydroxylation sites is 1. The van der Waals surface area contributed by atoms with Crippen molar-refractivity contribution in [1.29, 1.82) is 5.26 Å². The van der Waals surface area contributed by atoms with E-state index < -0.39 is 41.7 Å². The first-order valence-electron chi connectivity index (χ1n) is 9.37. The van der Waals surface area contributed by atoms with Gasteiger partial charge in [0.05, 0.1) is 16.8 Å². The third kappa shape index (κ3) is 6.07. The van der Waals surface area contributed by atoms with Gasteiger partial charge in [0.15, 0.2) is 6.61 Å². The first kappa shape index (κ1) is 23.3. The quantitative estimate of drug-likeness (QED) is 0.511. The van der Waals surface area contributed by atoms with Gasteiger partial charge >= 0.3 is 6.18 Å². The lowest BCUT2D eigenvalue weighted by Crippen LogP contribution is -2.23. The fraction of sp³-hybridized carbons (Fsp3) is 0.0870. The fourth-order valence-corrected chi connectivity index (χ4v) is 2.78. The van der Waals surface area contributed by atoms with Crippen LogP contribution in [0.4, 0.5) is 28.9 Å². The number of carbonyl (C=O) groups excluding carboxylic acids is 2. The molecule has 0 atom stereocenters. The van der Waals surface area contributed by atoms with Crippen LogP contribution >= 0.6 is 0 Å². The smallest absolute Gasteiger partial charge is 0.418 e. The van der Waals surface area contributed by atoms with Crippen LogP contribution in [0.15, 0.2) is 66.7 Å². The van der Waals surface area contributed by atoms with Gasteiger partial charge in [-0.15, -0.1) is 0 Å². The number of amides is 2. The number of ether oxygens (including phenoxy) is 1. The van der Waals surface area contributed by atoms with Crippen molar-refractivity contribution in [3.63, 3.8) is 0 Å². The van der Waals surface area contributed by atoms with Gasteiger partial charge in [-0.3, -0.25) is 9.59 Å². The zero-order chi connectivity index (χ0) is 24.0. The average molecular weight is 457 g/mol. The van der Waals surface area contributed by atoms with E-state index in [0.717, 1.165) is 18.2 Å². The van der Waals surface area contributed by atoms with E-state index >= 15 is 0 Å². The third-order valence-electron chi connectivity index (χ3n) is 4.33. The van der Waals surface area contributed by atoms with Crippen molar-refractivity contribution in [2.45, 2.75) is 6.18 Å². The number of nitriles is 1. The second-order valence-electron chi connectivity index (χ2n) is 6.66. The molecule has 0 radical (unpaired) electrons. The molecule has 2 N–H and O–H groups in total. The van der Waals surface area contributed by atoms with Crippen LogP contribution < -0.4 is 15.4 Å². The number of rotatable bonds is 6. The molecule has 0 heterocycles. The molecular weight excluding hydrogens is 442 g/mol. The zero-order valence-electron chi connectivity index (χ0n) is 16.7. The number of anilines is 2. The summed E-state index contributed by atoms with van der Waals surface area (Å²) in [4.78, 5) is 24.4. The van der Waals surface area contributed by atoms with Crippen LogP contribution in [-0.2, 0) is 11.0 Å². The highest BCUT2D eigenvalue weighted by molar-refractivity contribution is 6.04. The molecular formula is C23H15F4N3O3. The summed E-state index contributed by atoms with van der Waals surface area (Å²) in [5.41, 5.74) is -1.68. The molecule has 0 fully saturated rings. The van der Waals surface area contributed by atoms with Gasteiger partial charge in [-0.2, -0.15) is 18.4 Å². The highest BCUT2D eigenvalue weighted by Crippen LogP contribution is 2.36. The Bertz CT molecular complexity index is 1220. The topological polar surface area (TPSA) is 91.2 Å². The second-order valence-corrected chi connectivity index (χ2v) is 6.66. The standard InChI is InChI=1S/C23H15F4N3O3/c24-16-7-5-14(6-8-16)22(32)29-17-9-10-19(18(11-17)23(25,26)27)30-21(31)13-33-20-4-2-1-3-15(20)12-28/h1-11H,13H2,(H,29,32)(H,30,31). The minimum Gasteiger partial charge on any atom is -0.482 e. The summed E-state index contributed by atoms with van der Waals surface area (Å²) in [7, 11) is 0. The van der Waals surface area contributed by atoms with E-state index in [9.17, 15) is 27.2 Å². The lowest BCUT2D eigenvalue weighted by atomic mass is 10.1. The molecule has 2 amide bonds. The fourth-order valence-electron chi connectivity index (χ4n) is 2.78. The van der Waals surface area contributed by atoms with E-state index in [0.29, 0.717) is 6.07 Å². The van der Waals surface area contributed by atoms with Crippen molar-refractivity contribution in [2.75, 3.05) is 17.2 Å². The first-order chi connectivity index (χ1) is 15.7. The number of nitrogens with zero attached hydrogens (tertiary/aromatic N) is 1. The Morgan fingerprint density at radius 2 is 1.67 bits per heavy atom. The summed E-state index contributed by atoms with van der Waals surface area (Å²) in [5, 5.41) is 13.4. The van der Waals surface area contributed by atoms with E-state index in [2.05, 4.69) is 10.6 Å². The van der Waals surface area contributed by atoms with Crippen molar-refractivity contribution in [3.8, 4) is 11.8 Å². The molecule has 0 saturated heterocycles. The predicted octanol–water partition coefficient (Wildman–Crippen LogP) is 4.99. The Kier molecular flexibility index (Phi) is 6.93. The maximum Gasteiger partial charge on any atom is 0.418 e.